The Morgan fingerprint density at radius 2 is 1.89 bits per heavy atom. The molecule has 1 atom stereocenters. The van der Waals surface area contributed by atoms with E-state index in [4.69, 9.17) is 9.47 Å². The molecule has 0 aromatic carbocycles. The van der Waals surface area contributed by atoms with Gasteiger partial charge in [-0.25, -0.2) is 4.79 Å². The maximum Gasteiger partial charge on any atom is 0.407 e. The molecule has 0 rings (SSSR count). The summed E-state index contributed by atoms with van der Waals surface area (Å²) < 4.78 is 9.99. The highest BCUT2D eigenvalue weighted by atomic mass is 16.6. The molecule has 0 radical (unpaired) electrons. The molecule has 0 aromatic heterocycles. The zero-order valence-corrected chi connectivity index (χ0v) is 12.5. The molecule has 0 saturated carbocycles. The lowest BCUT2D eigenvalue weighted by Gasteiger charge is -2.19. The van der Waals surface area contributed by atoms with Crippen LogP contribution in [0.4, 0.5) is 4.79 Å². The Morgan fingerprint density at radius 1 is 1.26 bits per heavy atom. The number of nitrogens with one attached hydrogen (secondary N) is 2. The first-order chi connectivity index (χ1) is 8.74. The zero-order chi connectivity index (χ0) is 14.9. The number of hydrogen-bond acceptors (Lipinski definition) is 4. The lowest BCUT2D eigenvalue weighted by atomic mass is 10.2. The van der Waals surface area contributed by atoms with Crippen LogP contribution in [-0.2, 0) is 14.3 Å². The summed E-state index contributed by atoms with van der Waals surface area (Å²) in [4.78, 5) is 22.8. The highest BCUT2D eigenvalue weighted by molar-refractivity contribution is 5.76. The van der Waals surface area contributed by atoms with Crippen LogP contribution in [0.2, 0.25) is 0 Å². The van der Waals surface area contributed by atoms with Crippen LogP contribution in [0.25, 0.3) is 0 Å². The number of alkyl carbamates (subject to hydrolysis) is 1. The first kappa shape index (κ1) is 17.7. The number of carbonyl (C=O) groups excluding carboxylic acids is 2. The van der Waals surface area contributed by atoms with Gasteiger partial charge in [-0.1, -0.05) is 0 Å². The summed E-state index contributed by atoms with van der Waals surface area (Å²) in [5.41, 5.74) is -0.503. The Labute approximate surface area is 115 Å². The third-order valence-electron chi connectivity index (χ3n) is 2.07. The zero-order valence-electron chi connectivity index (χ0n) is 12.5. The average molecular weight is 274 g/mol. The predicted octanol–water partition coefficient (Wildman–Crippen LogP) is 1.44. The summed E-state index contributed by atoms with van der Waals surface area (Å²) in [7, 11) is 1.59. The summed E-state index contributed by atoms with van der Waals surface area (Å²) in [5.74, 6) is -0.0458. The maximum absolute atomic E-state index is 11.5. The largest absolute Gasteiger partial charge is 0.444 e. The number of rotatable bonds is 7. The molecule has 0 fully saturated rings. The summed E-state index contributed by atoms with van der Waals surface area (Å²) in [6.45, 7) is 8.19. The fourth-order valence-electron chi connectivity index (χ4n) is 1.39. The molecule has 112 valence electrons. The lowest BCUT2D eigenvalue weighted by molar-refractivity contribution is -0.122. The molecular weight excluding hydrogens is 248 g/mol. The first-order valence-corrected chi connectivity index (χ1v) is 6.49. The van der Waals surface area contributed by atoms with Gasteiger partial charge in [0.05, 0.1) is 6.61 Å². The van der Waals surface area contributed by atoms with Crippen LogP contribution in [0.1, 0.15) is 40.5 Å². The van der Waals surface area contributed by atoms with Crippen LogP contribution in [-0.4, -0.2) is 43.9 Å². The molecule has 1 unspecified atom stereocenters. The van der Waals surface area contributed by atoms with Gasteiger partial charge in [0.1, 0.15) is 5.60 Å². The van der Waals surface area contributed by atoms with Gasteiger partial charge in [-0.05, 0) is 34.1 Å². The molecule has 0 spiro atoms. The summed E-state index contributed by atoms with van der Waals surface area (Å²) in [6, 6.07) is -0.00341. The van der Waals surface area contributed by atoms with Crippen molar-refractivity contribution in [1.29, 1.82) is 0 Å². The lowest BCUT2D eigenvalue weighted by Crippen LogP contribution is -2.36. The molecule has 0 aromatic rings. The molecular formula is C13H26N2O4. The van der Waals surface area contributed by atoms with Gasteiger partial charge in [-0.15, -0.1) is 0 Å². The topological polar surface area (TPSA) is 76.7 Å². The Balaban J connectivity index is 3.64. The molecule has 0 aliphatic carbocycles. The van der Waals surface area contributed by atoms with Crippen molar-refractivity contribution in [2.45, 2.75) is 52.2 Å². The summed E-state index contributed by atoms with van der Waals surface area (Å²) >= 11 is 0. The van der Waals surface area contributed by atoms with E-state index in [1.54, 1.807) is 27.9 Å². The molecule has 0 aliphatic heterocycles. The van der Waals surface area contributed by atoms with Crippen LogP contribution in [0.15, 0.2) is 0 Å². The van der Waals surface area contributed by atoms with E-state index in [1.807, 2.05) is 6.92 Å². The predicted molar refractivity (Wildman–Crippen MR) is 73.0 cm³/mol. The van der Waals surface area contributed by atoms with Gasteiger partial charge in [-0.2, -0.15) is 0 Å². The number of ether oxygens (including phenoxy) is 2. The molecule has 0 saturated heterocycles. The summed E-state index contributed by atoms with van der Waals surface area (Å²) in [5, 5.41) is 5.41. The van der Waals surface area contributed by atoms with Crippen molar-refractivity contribution in [3.05, 3.63) is 0 Å². The van der Waals surface area contributed by atoms with E-state index in [2.05, 4.69) is 10.6 Å². The second-order valence-corrected chi connectivity index (χ2v) is 5.46. The van der Waals surface area contributed by atoms with Crippen molar-refractivity contribution in [2.75, 3.05) is 20.3 Å². The SMILES string of the molecule is COCC(C)NC(=O)CCCNC(=O)OC(C)(C)C. The molecule has 2 amide bonds. The van der Waals surface area contributed by atoms with Gasteiger partial charge >= 0.3 is 6.09 Å². The second kappa shape index (κ2) is 8.74. The molecule has 0 heterocycles. The van der Waals surface area contributed by atoms with Crippen LogP contribution in [0, 0.1) is 0 Å². The number of methoxy groups -OCH3 is 1. The fraction of sp³-hybridized carbons (Fsp3) is 0.846. The van der Waals surface area contributed by atoms with Crippen molar-refractivity contribution in [2.24, 2.45) is 0 Å². The molecule has 2 N–H and O–H groups in total. The van der Waals surface area contributed by atoms with Gasteiger partial charge < -0.3 is 20.1 Å². The van der Waals surface area contributed by atoms with Gasteiger partial charge in [0.15, 0.2) is 0 Å². The van der Waals surface area contributed by atoms with E-state index in [0.717, 1.165) is 0 Å². The molecule has 6 heteroatoms. The summed E-state index contributed by atoms with van der Waals surface area (Å²) in [6.07, 6.45) is 0.481. The minimum atomic E-state index is -0.503. The number of carbonyl (C=O) groups is 2. The van der Waals surface area contributed by atoms with Crippen molar-refractivity contribution in [3.8, 4) is 0 Å². The van der Waals surface area contributed by atoms with Crippen molar-refractivity contribution < 1.29 is 19.1 Å². The van der Waals surface area contributed by atoms with E-state index in [0.29, 0.717) is 26.0 Å². The Bertz CT molecular complexity index is 287. The van der Waals surface area contributed by atoms with Gasteiger partial charge in [0, 0.05) is 26.1 Å². The Morgan fingerprint density at radius 3 is 2.42 bits per heavy atom. The monoisotopic (exact) mass is 274 g/mol. The van der Waals surface area contributed by atoms with Crippen LogP contribution in [0.5, 0.6) is 0 Å². The number of amides is 2. The molecule has 6 nitrogen and oxygen atoms in total. The third-order valence-corrected chi connectivity index (χ3v) is 2.07. The van der Waals surface area contributed by atoms with Crippen molar-refractivity contribution >= 4 is 12.0 Å². The van der Waals surface area contributed by atoms with Crippen LogP contribution >= 0.6 is 0 Å². The van der Waals surface area contributed by atoms with Crippen LogP contribution in [0.3, 0.4) is 0 Å². The smallest absolute Gasteiger partial charge is 0.407 e. The van der Waals surface area contributed by atoms with Gasteiger partial charge in [0.25, 0.3) is 0 Å². The second-order valence-electron chi connectivity index (χ2n) is 5.46. The Kier molecular flexibility index (Phi) is 8.14. The van der Waals surface area contributed by atoms with Crippen LogP contribution < -0.4 is 10.6 Å². The Hall–Kier alpha value is -1.30. The quantitative estimate of drug-likeness (QED) is 0.689. The van der Waals surface area contributed by atoms with E-state index < -0.39 is 11.7 Å². The average Bonchev–Trinajstić information content (AvgIpc) is 2.22. The van der Waals surface area contributed by atoms with E-state index in [-0.39, 0.29) is 11.9 Å². The van der Waals surface area contributed by atoms with E-state index in [1.165, 1.54) is 0 Å². The normalized spacial score (nSPS) is 12.7. The van der Waals surface area contributed by atoms with E-state index in [9.17, 15) is 9.59 Å². The van der Waals surface area contributed by atoms with Gasteiger partial charge in [0.2, 0.25) is 5.91 Å². The standard InChI is InChI=1S/C13H26N2O4/c1-10(9-18-5)15-11(16)7-6-8-14-12(17)19-13(2,3)4/h10H,6-9H2,1-5H3,(H,14,17)(H,15,16). The molecule has 19 heavy (non-hydrogen) atoms. The maximum atomic E-state index is 11.5. The third kappa shape index (κ3) is 11.5. The van der Waals surface area contributed by atoms with E-state index >= 15 is 0 Å². The highest BCUT2D eigenvalue weighted by Gasteiger charge is 2.15. The van der Waals surface area contributed by atoms with Gasteiger partial charge in [-0.3, -0.25) is 4.79 Å². The first-order valence-electron chi connectivity index (χ1n) is 6.49. The highest BCUT2D eigenvalue weighted by Crippen LogP contribution is 2.06. The molecule has 0 bridgehead atoms. The molecule has 0 aliphatic rings. The van der Waals surface area contributed by atoms with Crippen molar-refractivity contribution in [3.63, 3.8) is 0 Å². The minimum Gasteiger partial charge on any atom is -0.444 e. The number of hydrogen-bond donors (Lipinski definition) is 2. The minimum absolute atomic E-state index is 0.00341. The van der Waals surface area contributed by atoms with Crippen molar-refractivity contribution in [1.82, 2.24) is 10.6 Å². The fourth-order valence-corrected chi connectivity index (χ4v) is 1.39.